The molecule has 1 aromatic carbocycles. The van der Waals surface area contributed by atoms with Crippen molar-refractivity contribution in [1.29, 1.82) is 0 Å². The number of benzene rings is 1. The maximum Gasteiger partial charge on any atom is 0.322 e. The topological polar surface area (TPSA) is 32.3 Å². The molecule has 1 rings (SSSR count). The molecule has 1 N–H and O–H groups in total. The highest BCUT2D eigenvalue weighted by Gasteiger charge is 2.24. The zero-order valence-corrected chi connectivity index (χ0v) is 11.5. The largest absolute Gasteiger partial charge is 0.322 e. The molecule has 0 atom stereocenters. The lowest BCUT2D eigenvalue weighted by Gasteiger charge is -2.34. The number of anilines is 1. The maximum atomic E-state index is 12.1. The van der Waals surface area contributed by atoms with Gasteiger partial charge >= 0.3 is 6.03 Å². The highest BCUT2D eigenvalue weighted by molar-refractivity contribution is 6.33. The Labute approximate surface area is 108 Å². The number of nitrogens with one attached hydrogen (secondary N) is 1. The molecule has 0 bridgehead atoms. The molecule has 0 aromatic heterocycles. The SMILES string of the molecule is CCN(C(=O)Nc1ccccc1Cl)C(C)(C)C. The van der Waals surface area contributed by atoms with Crippen LogP contribution in [0.4, 0.5) is 10.5 Å². The Morgan fingerprint density at radius 3 is 2.41 bits per heavy atom. The minimum atomic E-state index is -0.208. The van der Waals surface area contributed by atoms with Crippen LogP contribution in [0.2, 0.25) is 5.02 Å². The lowest BCUT2D eigenvalue weighted by Crippen LogP contribution is -2.47. The molecular formula is C13H19ClN2O. The molecule has 0 aliphatic rings. The van der Waals surface area contributed by atoms with Crippen molar-refractivity contribution < 1.29 is 4.79 Å². The van der Waals surface area contributed by atoms with E-state index < -0.39 is 0 Å². The lowest BCUT2D eigenvalue weighted by molar-refractivity contribution is 0.162. The van der Waals surface area contributed by atoms with E-state index in [9.17, 15) is 4.79 Å². The Balaban J connectivity index is 2.82. The van der Waals surface area contributed by atoms with Gasteiger partial charge in [-0.15, -0.1) is 0 Å². The molecule has 0 saturated heterocycles. The smallest absolute Gasteiger partial charge is 0.320 e. The number of halogens is 1. The van der Waals surface area contributed by atoms with Gasteiger partial charge in [-0.1, -0.05) is 23.7 Å². The first-order valence-corrected chi connectivity index (χ1v) is 6.07. The monoisotopic (exact) mass is 254 g/mol. The number of para-hydroxylation sites is 1. The van der Waals surface area contributed by atoms with E-state index in [1.165, 1.54) is 0 Å². The molecule has 94 valence electrons. The average Bonchev–Trinajstić information content (AvgIpc) is 2.20. The third-order valence-electron chi connectivity index (χ3n) is 2.49. The van der Waals surface area contributed by atoms with Crippen LogP contribution in [0.1, 0.15) is 27.7 Å². The van der Waals surface area contributed by atoms with Crippen molar-refractivity contribution in [2.24, 2.45) is 0 Å². The fraction of sp³-hybridized carbons (Fsp3) is 0.462. The van der Waals surface area contributed by atoms with Crippen LogP contribution in [0.3, 0.4) is 0 Å². The van der Waals surface area contributed by atoms with Crippen molar-refractivity contribution in [3.63, 3.8) is 0 Å². The number of carbonyl (C=O) groups excluding carboxylic acids is 1. The number of hydrogen-bond acceptors (Lipinski definition) is 1. The number of amides is 2. The summed E-state index contributed by atoms with van der Waals surface area (Å²) >= 11 is 6.00. The third kappa shape index (κ3) is 3.63. The fourth-order valence-electron chi connectivity index (χ4n) is 1.67. The normalized spacial score (nSPS) is 11.1. The highest BCUT2D eigenvalue weighted by Crippen LogP contribution is 2.22. The minimum Gasteiger partial charge on any atom is -0.320 e. The quantitative estimate of drug-likeness (QED) is 0.850. The summed E-state index contributed by atoms with van der Waals surface area (Å²) in [7, 11) is 0. The molecule has 4 heteroatoms. The number of nitrogens with zero attached hydrogens (tertiary/aromatic N) is 1. The first kappa shape index (κ1) is 13.8. The molecule has 0 radical (unpaired) electrons. The van der Waals surface area contributed by atoms with E-state index in [1.54, 1.807) is 17.0 Å². The van der Waals surface area contributed by atoms with E-state index in [0.29, 0.717) is 17.3 Å². The molecule has 1 aromatic rings. The van der Waals surface area contributed by atoms with Gasteiger partial charge in [0.15, 0.2) is 0 Å². The van der Waals surface area contributed by atoms with Gasteiger partial charge in [-0.3, -0.25) is 0 Å². The second kappa shape index (κ2) is 5.41. The van der Waals surface area contributed by atoms with Crippen molar-refractivity contribution in [2.45, 2.75) is 33.2 Å². The van der Waals surface area contributed by atoms with E-state index in [4.69, 9.17) is 11.6 Å². The van der Waals surface area contributed by atoms with Gasteiger partial charge in [0.1, 0.15) is 0 Å². The van der Waals surface area contributed by atoms with Crippen LogP contribution >= 0.6 is 11.6 Å². The van der Waals surface area contributed by atoms with E-state index in [1.807, 2.05) is 39.8 Å². The van der Waals surface area contributed by atoms with Crippen molar-refractivity contribution in [3.8, 4) is 0 Å². The van der Waals surface area contributed by atoms with Crippen molar-refractivity contribution in [3.05, 3.63) is 29.3 Å². The molecule has 0 unspecified atom stereocenters. The molecular weight excluding hydrogens is 236 g/mol. The summed E-state index contributed by atoms with van der Waals surface area (Å²) in [6, 6.07) is 7.09. The summed E-state index contributed by atoms with van der Waals surface area (Å²) in [4.78, 5) is 13.9. The van der Waals surface area contributed by atoms with Gasteiger partial charge in [-0.25, -0.2) is 4.79 Å². The van der Waals surface area contributed by atoms with Gasteiger partial charge in [-0.05, 0) is 39.8 Å². The van der Waals surface area contributed by atoms with Gasteiger partial charge in [0.2, 0.25) is 0 Å². The van der Waals surface area contributed by atoms with E-state index in [-0.39, 0.29) is 11.6 Å². The summed E-state index contributed by atoms with van der Waals surface area (Å²) in [5, 5.41) is 3.37. The van der Waals surface area contributed by atoms with Crippen LogP contribution in [0.5, 0.6) is 0 Å². The second-order valence-electron chi connectivity index (χ2n) is 4.83. The number of hydrogen-bond donors (Lipinski definition) is 1. The fourth-order valence-corrected chi connectivity index (χ4v) is 1.85. The Morgan fingerprint density at radius 1 is 1.35 bits per heavy atom. The summed E-state index contributed by atoms with van der Waals surface area (Å²) in [5.41, 5.74) is 0.432. The van der Waals surface area contributed by atoms with Gasteiger partial charge < -0.3 is 10.2 Å². The Hall–Kier alpha value is -1.22. The summed E-state index contributed by atoms with van der Waals surface area (Å²) in [6.07, 6.45) is 0. The number of carbonyl (C=O) groups is 1. The first-order valence-electron chi connectivity index (χ1n) is 5.69. The lowest BCUT2D eigenvalue weighted by atomic mass is 10.1. The van der Waals surface area contributed by atoms with Gasteiger partial charge in [0.25, 0.3) is 0 Å². The van der Waals surface area contributed by atoms with Gasteiger partial charge in [0.05, 0.1) is 10.7 Å². The van der Waals surface area contributed by atoms with Crippen LogP contribution in [-0.2, 0) is 0 Å². The average molecular weight is 255 g/mol. The summed E-state index contributed by atoms with van der Waals surface area (Å²) in [5.74, 6) is 0. The molecule has 0 aliphatic carbocycles. The van der Waals surface area contributed by atoms with Gasteiger partial charge in [-0.2, -0.15) is 0 Å². The molecule has 3 nitrogen and oxygen atoms in total. The van der Waals surface area contributed by atoms with E-state index in [0.717, 1.165) is 0 Å². The molecule has 0 heterocycles. The van der Waals surface area contributed by atoms with Crippen molar-refractivity contribution >= 4 is 23.3 Å². The Bertz CT molecular complexity index is 399. The zero-order valence-electron chi connectivity index (χ0n) is 10.7. The first-order chi connectivity index (χ1) is 7.86. The summed E-state index contributed by atoms with van der Waals surface area (Å²) in [6.45, 7) is 8.62. The minimum absolute atomic E-state index is 0.131. The van der Waals surface area contributed by atoms with Crippen molar-refractivity contribution in [2.75, 3.05) is 11.9 Å². The standard InChI is InChI=1S/C13H19ClN2O/c1-5-16(13(2,3)4)12(17)15-11-9-7-6-8-10(11)14/h6-9H,5H2,1-4H3,(H,15,17). The van der Waals surface area contributed by atoms with E-state index in [2.05, 4.69) is 5.32 Å². The predicted octanol–water partition coefficient (Wildman–Crippen LogP) is 3.99. The van der Waals surface area contributed by atoms with Gasteiger partial charge in [0, 0.05) is 12.1 Å². The molecule has 17 heavy (non-hydrogen) atoms. The molecule has 0 aliphatic heterocycles. The van der Waals surface area contributed by atoms with Crippen LogP contribution in [0.25, 0.3) is 0 Å². The molecule has 0 fully saturated rings. The zero-order chi connectivity index (χ0) is 13.1. The molecule has 0 saturated carbocycles. The van der Waals surface area contributed by atoms with Crippen LogP contribution < -0.4 is 5.32 Å². The van der Waals surface area contributed by atoms with Crippen LogP contribution in [0, 0.1) is 0 Å². The number of rotatable bonds is 2. The maximum absolute atomic E-state index is 12.1. The van der Waals surface area contributed by atoms with Crippen LogP contribution in [0.15, 0.2) is 24.3 Å². The van der Waals surface area contributed by atoms with Crippen molar-refractivity contribution in [1.82, 2.24) is 4.90 Å². The third-order valence-corrected chi connectivity index (χ3v) is 2.82. The second-order valence-corrected chi connectivity index (χ2v) is 5.23. The molecule has 2 amide bonds. The highest BCUT2D eigenvalue weighted by atomic mass is 35.5. The summed E-state index contributed by atoms with van der Waals surface area (Å²) < 4.78 is 0. The predicted molar refractivity (Wildman–Crippen MR) is 72.6 cm³/mol. The Kier molecular flexibility index (Phi) is 4.40. The number of urea groups is 1. The van der Waals surface area contributed by atoms with Crippen LogP contribution in [-0.4, -0.2) is 23.0 Å². The molecule has 0 spiro atoms. The Morgan fingerprint density at radius 2 is 1.94 bits per heavy atom. The van der Waals surface area contributed by atoms with E-state index >= 15 is 0 Å².